The third-order valence-corrected chi connectivity index (χ3v) is 2.73. The van der Waals surface area contributed by atoms with Gasteiger partial charge in [0.1, 0.15) is 5.75 Å². The Balaban J connectivity index is 2.16. The Morgan fingerprint density at radius 1 is 1.22 bits per heavy atom. The first-order valence-corrected chi connectivity index (χ1v) is 5.83. The highest BCUT2D eigenvalue weighted by Gasteiger charge is 2.08. The molecule has 0 N–H and O–H groups in total. The summed E-state index contributed by atoms with van der Waals surface area (Å²) >= 11 is 3.36. The van der Waals surface area contributed by atoms with Gasteiger partial charge in [-0.25, -0.2) is 14.8 Å². The maximum absolute atomic E-state index is 11.2. The zero-order valence-electron chi connectivity index (χ0n) is 9.46. The van der Waals surface area contributed by atoms with Crippen molar-refractivity contribution in [1.29, 1.82) is 0 Å². The lowest BCUT2D eigenvalue weighted by Gasteiger charge is -2.06. The first-order chi connectivity index (χ1) is 8.70. The van der Waals surface area contributed by atoms with Crippen LogP contribution in [-0.2, 0) is 4.74 Å². The third kappa shape index (κ3) is 2.84. The van der Waals surface area contributed by atoms with E-state index in [4.69, 9.17) is 4.74 Å². The molecule has 5 nitrogen and oxygen atoms in total. The zero-order valence-corrected chi connectivity index (χ0v) is 11.0. The van der Waals surface area contributed by atoms with Crippen molar-refractivity contribution in [2.75, 3.05) is 7.11 Å². The number of hydrogen-bond acceptors (Lipinski definition) is 5. The molecule has 2 rings (SSSR count). The van der Waals surface area contributed by atoms with Crippen molar-refractivity contribution in [3.05, 3.63) is 46.8 Å². The first-order valence-electron chi connectivity index (χ1n) is 5.03. The Kier molecular flexibility index (Phi) is 3.88. The van der Waals surface area contributed by atoms with Crippen LogP contribution in [0.3, 0.4) is 0 Å². The minimum absolute atomic E-state index is 0.136. The van der Waals surface area contributed by atoms with Gasteiger partial charge < -0.3 is 9.47 Å². The van der Waals surface area contributed by atoms with Crippen LogP contribution >= 0.6 is 15.9 Å². The SMILES string of the molecule is COC(=O)c1cnc(Oc2ccccc2Br)cn1. The first kappa shape index (κ1) is 12.5. The Hall–Kier alpha value is -1.95. The lowest BCUT2D eigenvalue weighted by molar-refractivity contribution is 0.0593. The van der Waals surface area contributed by atoms with Crippen molar-refractivity contribution in [2.45, 2.75) is 0 Å². The third-order valence-electron chi connectivity index (χ3n) is 2.07. The quantitative estimate of drug-likeness (QED) is 0.816. The maximum Gasteiger partial charge on any atom is 0.358 e. The number of rotatable bonds is 3. The highest BCUT2D eigenvalue weighted by Crippen LogP contribution is 2.27. The topological polar surface area (TPSA) is 61.3 Å². The summed E-state index contributed by atoms with van der Waals surface area (Å²) in [5.74, 6) is 0.391. The Labute approximate surface area is 112 Å². The van der Waals surface area contributed by atoms with Crippen molar-refractivity contribution < 1.29 is 14.3 Å². The molecule has 0 unspecified atom stereocenters. The molecule has 2 aromatic rings. The highest BCUT2D eigenvalue weighted by atomic mass is 79.9. The number of para-hydroxylation sites is 1. The molecule has 0 saturated heterocycles. The van der Waals surface area contributed by atoms with Gasteiger partial charge in [-0.2, -0.15) is 0 Å². The molecular formula is C12H9BrN2O3. The van der Waals surface area contributed by atoms with Crippen molar-refractivity contribution >= 4 is 21.9 Å². The molecule has 1 aromatic heterocycles. The minimum atomic E-state index is -0.532. The van der Waals surface area contributed by atoms with Gasteiger partial charge in [-0.1, -0.05) is 12.1 Å². The van der Waals surface area contributed by atoms with Crippen LogP contribution in [0, 0.1) is 0 Å². The Morgan fingerprint density at radius 3 is 2.61 bits per heavy atom. The number of aromatic nitrogens is 2. The molecule has 92 valence electrons. The summed E-state index contributed by atoms with van der Waals surface area (Å²) < 4.78 is 10.8. The van der Waals surface area contributed by atoms with Crippen molar-refractivity contribution in [3.63, 3.8) is 0 Å². The van der Waals surface area contributed by atoms with Gasteiger partial charge in [-0.15, -0.1) is 0 Å². The average Bonchev–Trinajstić information content (AvgIpc) is 2.41. The molecule has 0 fully saturated rings. The van der Waals surface area contributed by atoms with Gasteiger partial charge in [0, 0.05) is 0 Å². The van der Waals surface area contributed by atoms with Crippen LogP contribution in [-0.4, -0.2) is 23.0 Å². The fourth-order valence-electron chi connectivity index (χ4n) is 1.22. The summed E-state index contributed by atoms with van der Waals surface area (Å²) in [5.41, 5.74) is 0.136. The molecular weight excluding hydrogens is 300 g/mol. The van der Waals surface area contributed by atoms with E-state index < -0.39 is 5.97 Å². The molecule has 1 aromatic carbocycles. The molecule has 1 heterocycles. The van der Waals surface area contributed by atoms with E-state index in [0.29, 0.717) is 11.6 Å². The van der Waals surface area contributed by atoms with Gasteiger partial charge in [-0.3, -0.25) is 0 Å². The van der Waals surface area contributed by atoms with Crippen molar-refractivity contribution in [3.8, 4) is 11.6 Å². The molecule has 0 radical (unpaired) electrons. The number of benzene rings is 1. The normalized spacial score (nSPS) is 9.89. The van der Waals surface area contributed by atoms with Crippen molar-refractivity contribution in [2.24, 2.45) is 0 Å². The van der Waals surface area contributed by atoms with E-state index in [0.717, 1.165) is 4.47 Å². The molecule has 0 aliphatic carbocycles. The van der Waals surface area contributed by atoms with Crippen LogP contribution < -0.4 is 4.74 Å². The number of carbonyl (C=O) groups is 1. The molecule has 0 aliphatic heterocycles. The van der Waals surface area contributed by atoms with E-state index >= 15 is 0 Å². The monoisotopic (exact) mass is 308 g/mol. The van der Waals surface area contributed by atoms with E-state index in [1.807, 2.05) is 18.2 Å². The van der Waals surface area contributed by atoms with Crippen molar-refractivity contribution in [1.82, 2.24) is 9.97 Å². The lowest BCUT2D eigenvalue weighted by Crippen LogP contribution is -2.04. The smallest absolute Gasteiger partial charge is 0.358 e. The number of ether oxygens (including phenoxy) is 2. The maximum atomic E-state index is 11.2. The highest BCUT2D eigenvalue weighted by molar-refractivity contribution is 9.10. The fourth-order valence-corrected chi connectivity index (χ4v) is 1.58. The molecule has 18 heavy (non-hydrogen) atoms. The predicted molar refractivity (Wildman–Crippen MR) is 67.6 cm³/mol. The van der Waals surface area contributed by atoms with Crippen LogP contribution in [0.5, 0.6) is 11.6 Å². The van der Waals surface area contributed by atoms with Crippen LogP contribution in [0.2, 0.25) is 0 Å². The van der Waals surface area contributed by atoms with Crippen LogP contribution in [0.4, 0.5) is 0 Å². The van der Waals surface area contributed by atoms with E-state index in [-0.39, 0.29) is 5.69 Å². The average molecular weight is 309 g/mol. The predicted octanol–water partition coefficient (Wildman–Crippen LogP) is 2.82. The summed E-state index contributed by atoms with van der Waals surface area (Å²) in [6.45, 7) is 0. The summed E-state index contributed by atoms with van der Waals surface area (Å²) in [7, 11) is 1.29. The van der Waals surface area contributed by atoms with E-state index in [9.17, 15) is 4.79 Å². The van der Waals surface area contributed by atoms with Gasteiger partial charge in [0.05, 0.1) is 24.0 Å². The van der Waals surface area contributed by atoms with Gasteiger partial charge >= 0.3 is 5.97 Å². The largest absolute Gasteiger partial charge is 0.464 e. The van der Waals surface area contributed by atoms with Crippen LogP contribution in [0.15, 0.2) is 41.1 Å². The van der Waals surface area contributed by atoms with E-state index in [1.165, 1.54) is 19.5 Å². The molecule has 6 heteroatoms. The number of halogens is 1. The van der Waals surface area contributed by atoms with Crippen LogP contribution in [0.25, 0.3) is 0 Å². The second kappa shape index (κ2) is 5.59. The summed E-state index contributed by atoms with van der Waals surface area (Å²) in [6.07, 6.45) is 2.67. The summed E-state index contributed by atoms with van der Waals surface area (Å²) in [5, 5.41) is 0. The summed E-state index contributed by atoms with van der Waals surface area (Å²) in [6, 6.07) is 7.37. The fraction of sp³-hybridized carbons (Fsp3) is 0.0833. The number of esters is 1. The number of carbonyl (C=O) groups excluding carboxylic acids is 1. The van der Waals surface area contributed by atoms with Gasteiger partial charge in [0.2, 0.25) is 5.88 Å². The standard InChI is InChI=1S/C12H9BrN2O3/c1-17-12(16)9-6-15-11(7-14-9)18-10-5-3-2-4-8(10)13/h2-7H,1H3. The second-order valence-corrected chi connectivity index (χ2v) is 4.12. The van der Waals surface area contributed by atoms with Crippen LogP contribution in [0.1, 0.15) is 10.5 Å². The number of methoxy groups -OCH3 is 1. The van der Waals surface area contributed by atoms with Gasteiger partial charge in [0.15, 0.2) is 5.69 Å². The number of hydrogen-bond donors (Lipinski definition) is 0. The second-order valence-electron chi connectivity index (χ2n) is 3.26. The molecule has 0 bridgehead atoms. The van der Waals surface area contributed by atoms with Gasteiger partial charge in [0.25, 0.3) is 0 Å². The Bertz CT molecular complexity index is 558. The lowest BCUT2D eigenvalue weighted by atomic mass is 10.3. The molecule has 0 amide bonds. The zero-order chi connectivity index (χ0) is 13.0. The number of nitrogens with zero attached hydrogens (tertiary/aromatic N) is 2. The van der Waals surface area contributed by atoms with E-state index in [2.05, 4.69) is 30.6 Å². The minimum Gasteiger partial charge on any atom is -0.464 e. The molecule has 0 saturated carbocycles. The molecule has 0 atom stereocenters. The van der Waals surface area contributed by atoms with E-state index in [1.54, 1.807) is 6.07 Å². The molecule has 0 spiro atoms. The molecule has 0 aliphatic rings. The van der Waals surface area contributed by atoms with Gasteiger partial charge in [-0.05, 0) is 28.1 Å². The Morgan fingerprint density at radius 2 is 2.00 bits per heavy atom. The summed E-state index contributed by atoms with van der Waals surface area (Å²) in [4.78, 5) is 19.0.